The van der Waals surface area contributed by atoms with Gasteiger partial charge in [0, 0.05) is 54.8 Å². The van der Waals surface area contributed by atoms with Gasteiger partial charge < -0.3 is 13.6 Å². The van der Waals surface area contributed by atoms with E-state index in [1.165, 1.54) is 71.1 Å². The van der Waals surface area contributed by atoms with Crippen molar-refractivity contribution in [2.24, 2.45) is 0 Å². The Kier molecular flexibility index (Phi) is 7.58. The van der Waals surface area contributed by atoms with Crippen LogP contribution in [-0.2, 0) is 16.2 Å². The monoisotopic (exact) mass is 742 g/mol. The number of para-hydroxylation sites is 3. The Morgan fingerprint density at radius 1 is 0.386 bits per heavy atom. The summed E-state index contributed by atoms with van der Waals surface area (Å²) in [6, 6.07) is 51.7. The lowest BCUT2D eigenvalue weighted by Crippen LogP contribution is -2.16. The summed E-state index contributed by atoms with van der Waals surface area (Å²) in [5, 5.41) is 7.32. The van der Waals surface area contributed by atoms with Crippen LogP contribution in [0.4, 0.5) is 0 Å². The summed E-state index contributed by atoms with van der Waals surface area (Å²) in [5.41, 5.74) is 15.0. The third-order valence-electron chi connectivity index (χ3n) is 12.1. The molecule has 0 aliphatic heterocycles. The number of furan rings is 1. The minimum Gasteiger partial charge on any atom is -0.455 e. The minimum absolute atomic E-state index is 0.00209. The molecule has 282 valence electrons. The van der Waals surface area contributed by atoms with Gasteiger partial charge in [0.05, 0.1) is 22.1 Å². The Hall–Kier alpha value is -6.06. The SMILES string of the molecule is CC(C)(C)c1cc(-c2ccc3c(c2)c2ccc4c5ccccc5n(-c5ccccc5)c4c2n3-c2ccccc2)c2oc3c(C(C)(C)C)cc(C(C)(C)C)cc3c2c1. The summed E-state index contributed by atoms with van der Waals surface area (Å²) in [5.74, 6) is 0. The predicted octanol–water partition coefficient (Wildman–Crippen LogP) is 15.3. The van der Waals surface area contributed by atoms with Gasteiger partial charge in [-0.15, -0.1) is 0 Å². The van der Waals surface area contributed by atoms with Crippen molar-refractivity contribution in [3.8, 4) is 22.5 Å². The van der Waals surface area contributed by atoms with Gasteiger partial charge in [-0.3, -0.25) is 0 Å². The molecule has 0 N–H and O–H groups in total. The van der Waals surface area contributed by atoms with Crippen molar-refractivity contribution in [3.63, 3.8) is 0 Å². The topological polar surface area (TPSA) is 23.0 Å². The van der Waals surface area contributed by atoms with Crippen LogP contribution in [0.15, 0.2) is 144 Å². The van der Waals surface area contributed by atoms with Gasteiger partial charge in [-0.2, -0.15) is 0 Å². The van der Waals surface area contributed by atoms with Gasteiger partial charge in [0.15, 0.2) is 0 Å². The average molecular weight is 743 g/mol. The van der Waals surface area contributed by atoms with Gasteiger partial charge >= 0.3 is 0 Å². The molecular weight excluding hydrogens is 693 g/mol. The number of benzene rings is 7. The van der Waals surface area contributed by atoms with Crippen LogP contribution in [0.5, 0.6) is 0 Å². The molecule has 0 bridgehead atoms. The first-order valence-electron chi connectivity index (χ1n) is 20.4. The summed E-state index contributed by atoms with van der Waals surface area (Å²) in [7, 11) is 0. The standard InChI is InChI=1S/C54H50N2O/c1-52(2,3)34-29-41(50-43(30-34)44-31-35(53(4,5)6)32-45(51(44)57-50)54(7,8)9)33-24-27-47-42(28-33)40-26-25-39-38-22-16-17-23-46(38)55(36-18-12-10-13-19-36)48(39)49(40)56(47)37-20-14-11-15-21-37/h10-32H,1-9H3. The molecule has 10 aromatic rings. The van der Waals surface area contributed by atoms with Crippen molar-refractivity contribution in [2.45, 2.75) is 78.6 Å². The third kappa shape index (κ3) is 5.46. The Balaban J connectivity index is 1.34. The fraction of sp³-hybridized carbons (Fsp3) is 0.222. The van der Waals surface area contributed by atoms with Crippen LogP contribution in [0, 0.1) is 0 Å². The van der Waals surface area contributed by atoms with Crippen LogP contribution < -0.4 is 0 Å². The fourth-order valence-corrected chi connectivity index (χ4v) is 9.03. The van der Waals surface area contributed by atoms with E-state index in [4.69, 9.17) is 4.42 Å². The van der Waals surface area contributed by atoms with E-state index in [-0.39, 0.29) is 16.2 Å². The van der Waals surface area contributed by atoms with Gasteiger partial charge in [0.1, 0.15) is 11.2 Å². The van der Waals surface area contributed by atoms with E-state index in [2.05, 4.69) is 211 Å². The Labute approximate surface area is 335 Å². The number of hydrogen-bond acceptors (Lipinski definition) is 1. The highest BCUT2D eigenvalue weighted by atomic mass is 16.3. The van der Waals surface area contributed by atoms with Crippen LogP contribution in [0.25, 0.3) is 88.1 Å². The molecule has 0 fully saturated rings. The first kappa shape index (κ1) is 35.4. The summed E-state index contributed by atoms with van der Waals surface area (Å²) >= 11 is 0. The second kappa shape index (κ2) is 12.2. The maximum atomic E-state index is 7.15. The van der Waals surface area contributed by atoms with E-state index in [0.717, 1.165) is 33.7 Å². The van der Waals surface area contributed by atoms with E-state index in [0.29, 0.717) is 0 Å². The first-order valence-corrected chi connectivity index (χ1v) is 20.4. The summed E-state index contributed by atoms with van der Waals surface area (Å²) < 4.78 is 12.1. The molecule has 7 aromatic carbocycles. The molecule has 10 rings (SSSR count). The van der Waals surface area contributed by atoms with Crippen molar-refractivity contribution in [3.05, 3.63) is 156 Å². The number of fused-ring (bicyclic) bond motifs is 10. The highest BCUT2D eigenvalue weighted by molar-refractivity contribution is 6.24. The molecule has 0 spiro atoms. The Morgan fingerprint density at radius 3 is 1.47 bits per heavy atom. The molecule has 0 saturated carbocycles. The van der Waals surface area contributed by atoms with Gasteiger partial charge in [-0.1, -0.05) is 141 Å². The molecule has 0 unspecified atom stereocenters. The van der Waals surface area contributed by atoms with Gasteiger partial charge in [-0.25, -0.2) is 0 Å². The highest BCUT2D eigenvalue weighted by Crippen LogP contribution is 2.47. The maximum Gasteiger partial charge on any atom is 0.143 e. The van der Waals surface area contributed by atoms with Crippen molar-refractivity contribution in [1.82, 2.24) is 9.13 Å². The lowest BCUT2D eigenvalue weighted by Gasteiger charge is -2.25. The number of aromatic nitrogens is 2. The predicted molar refractivity (Wildman–Crippen MR) is 244 cm³/mol. The molecule has 0 aliphatic rings. The quantitative estimate of drug-likeness (QED) is 0.177. The molecule has 3 heterocycles. The largest absolute Gasteiger partial charge is 0.455 e. The zero-order chi connectivity index (χ0) is 39.6. The zero-order valence-electron chi connectivity index (χ0n) is 34.6. The van der Waals surface area contributed by atoms with Gasteiger partial charge in [-0.05, 0) is 93.6 Å². The zero-order valence-corrected chi connectivity index (χ0v) is 34.6. The molecule has 0 amide bonds. The molecule has 3 aromatic heterocycles. The van der Waals surface area contributed by atoms with E-state index in [1.54, 1.807) is 0 Å². The second-order valence-corrected chi connectivity index (χ2v) is 19.1. The van der Waals surface area contributed by atoms with E-state index < -0.39 is 0 Å². The molecule has 0 saturated heterocycles. The smallest absolute Gasteiger partial charge is 0.143 e. The van der Waals surface area contributed by atoms with Crippen LogP contribution in [-0.4, -0.2) is 9.13 Å². The molecule has 0 atom stereocenters. The maximum absolute atomic E-state index is 7.15. The number of nitrogens with zero attached hydrogens (tertiary/aromatic N) is 2. The molecule has 3 heteroatoms. The molecule has 57 heavy (non-hydrogen) atoms. The van der Waals surface area contributed by atoms with E-state index in [9.17, 15) is 0 Å². The molecule has 0 aliphatic carbocycles. The molecule has 0 radical (unpaired) electrons. The normalized spacial score (nSPS) is 13.0. The average Bonchev–Trinajstić information content (AvgIpc) is 3.84. The van der Waals surface area contributed by atoms with Crippen LogP contribution in [0.3, 0.4) is 0 Å². The minimum atomic E-state index is -0.0911. The fourth-order valence-electron chi connectivity index (χ4n) is 9.03. The van der Waals surface area contributed by atoms with Crippen LogP contribution in [0.2, 0.25) is 0 Å². The molecular formula is C54H50N2O. The van der Waals surface area contributed by atoms with Crippen molar-refractivity contribution in [2.75, 3.05) is 0 Å². The first-order chi connectivity index (χ1) is 27.2. The van der Waals surface area contributed by atoms with Crippen molar-refractivity contribution in [1.29, 1.82) is 0 Å². The van der Waals surface area contributed by atoms with E-state index in [1.807, 2.05) is 0 Å². The lowest BCUT2D eigenvalue weighted by molar-refractivity contribution is 0.559. The highest BCUT2D eigenvalue weighted by Gasteiger charge is 2.28. The number of hydrogen-bond donors (Lipinski definition) is 0. The Bertz CT molecular complexity index is 3200. The summed E-state index contributed by atoms with van der Waals surface area (Å²) in [6.45, 7) is 20.8. The summed E-state index contributed by atoms with van der Waals surface area (Å²) in [4.78, 5) is 0. The van der Waals surface area contributed by atoms with E-state index >= 15 is 0 Å². The Morgan fingerprint density at radius 2 is 0.895 bits per heavy atom. The van der Waals surface area contributed by atoms with Gasteiger partial charge in [0.2, 0.25) is 0 Å². The van der Waals surface area contributed by atoms with Crippen molar-refractivity contribution >= 4 is 65.6 Å². The van der Waals surface area contributed by atoms with Crippen molar-refractivity contribution < 1.29 is 4.42 Å². The lowest BCUT2D eigenvalue weighted by atomic mass is 9.79. The third-order valence-corrected chi connectivity index (χ3v) is 12.1. The van der Waals surface area contributed by atoms with Crippen LogP contribution >= 0.6 is 0 Å². The molecule has 3 nitrogen and oxygen atoms in total. The van der Waals surface area contributed by atoms with Crippen LogP contribution in [0.1, 0.15) is 79.0 Å². The number of rotatable bonds is 3. The summed E-state index contributed by atoms with van der Waals surface area (Å²) in [6.07, 6.45) is 0. The van der Waals surface area contributed by atoms with Gasteiger partial charge in [0.25, 0.3) is 0 Å². The second-order valence-electron chi connectivity index (χ2n) is 19.1.